The van der Waals surface area contributed by atoms with E-state index in [9.17, 15) is 14.0 Å². The number of carbonyl (C=O) groups excluding carboxylic acids is 1. The van der Waals surface area contributed by atoms with Crippen LogP contribution in [0.1, 0.15) is 38.5 Å². The first-order valence-electron chi connectivity index (χ1n) is 9.64. The van der Waals surface area contributed by atoms with Crippen LogP contribution in [0.25, 0.3) is 17.0 Å². The van der Waals surface area contributed by atoms with E-state index in [1.807, 2.05) is 0 Å². The maximum atomic E-state index is 13.2. The van der Waals surface area contributed by atoms with E-state index in [1.165, 1.54) is 53.4 Å². The Bertz CT molecular complexity index is 1060. The molecule has 0 radical (unpaired) electrons. The molecule has 29 heavy (non-hydrogen) atoms. The largest absolute Gasteiger partial charge is 0.353 e. The molecule has 1 amide bonds. The van der Waals surface area contributed by atoms with E-state index in [0.717, 1.165) is 25.7 Å². The Morgan fingerprint density at radius 3 is 2.62 bits per heavy atom. The highest BCUT2D eigenvalue weighted by atomic mass is 32.2. The van der Waals surface area contributed by atoms with Crippen LogP contribution in [0, 0.1) is 5.82 Å². The normalized spacial score (nSPS) is 15.3. The second-order valence-corrected chi connectivity index (χ2v) is 8.01. The van der Waals surface area contributed by atoms with Gasteiger partial charge in [-0.1, -0.05) is 37.4 Å². The summed E-state index contributed by atoms with van der Waals surface area (Å²) in [5.41, 5.74) is 0.159. The lowest BCUT2D eigenvalue weighted by Gasteiger charge is -2.15. The zero-order valence-corrected chi connectivity index (χ0v) is 16.5. The third-order valence-corrected chi connectivity index (χ3v) is 5.84. The van der Waals surface area contributed by atoms with Gasteiger partial charge in [-0.25, -0.2) is 4.39 Å². The van der Waals surface area contributed by atoms with Gasteiger partial charge < -0.3 is 5.32 Å². The van der Waals surface area contributed by atoms with Crippen molar-refractivity contribution in [3.05, 3.63) is 40.4 Å². The van der Waals surface area contributed by atoms with E-state index in [4.69, 9.17) is 0 Å². The minimum absolute atomic E-state index is 0.0539. The van der Waals surface area contributed by atoms with Gasteiger partial charge in [0.15, 0.2) is 5.69 Å². The molecule has 10 heteroatoms. The predicted octanol–water partition coefficient (Wildman–Crippen LogP) is 2.55. The number of benzene rings is 1. The van der Waals surface area contributed by atoms with Crippen molar-refractivity contribution in [1.82, 2.24) is 30.1 Å². The molecule has 0 bridgehead atoms. The molecule has 2 N–H and O–H groups in total. The molecule has 1 fully saturated rings. The predicted molar refractivity (Wildman–Crippen MR) is 107 cm³/mol. The minimum Gasteiger partial charge on any atom is -0.353 e. The number of nitrogens with zero attached hydrogens (tertiary/aromatic N) is 4. The molecule has 1 aliphatic carbocycles. The molecular formula is C19H21FN6O2S. The molecule has 1 aliphatic rings. The number of rotatable bonds is 5. The minimum atomic E-state index is -0.445. The third-order valence-electron chi connectivity index (χ3n) is 4.92. The van der Waals surface area contributed by atoms with E-state index in [0.29, 0.717) is 10.7 Å². The van der Waals surface area contributed by atoms with Crippen molar-refractivity contribution in [1.29, 1.82) is 0 Å². The Kier molecular flexibility index (Phi) is 5.89. The third kappa shape index (κ3) is 4.64. The quantitative estimate of drug-likeness (QED) is 0.489. The van der Waals surface area contributed by atoms with Crippen molar-refractivity contribution in [2.24, 2.45) is 0 Å². The highest BCUT2D eigenvalue weighted by Gasteiger charge is 2.17. The van der Waals surface area contributed by atoms with Gasteiger partial charge >= 0.3 is 0 Å². The van der Waals surface area contributed by atoms with Gasteiger partial charge in [0.2, 0.25) is 11.1 Å². The Morgan fingerprint density at radius 2 is 1.90 bits per heavy atom. The van der Waals surface area contributed by atoms with Gasteiger partial charge in [0, 0.05) is 11.6 Å². The lowest BCUT2D eigenvalue weighted by molar-refractivity contribution is -0.119. The standard InChI is InChI=1S/C19H21FN6O2S/c20-13-9-7-12(8-10-13)16-17(28)22-18-23-24-19(26(18)25-16)29-11-15(27)21-14-5-3-1-2-4-6-14/h7-10,14H,1-6,11H2,(H,21,27)(H,22,23,28). The summed E-state index contributed by atoms with van der Waals surface area (Å²) in [6.45, 7) is 0. The van der Waals surface area contributed by atoms with Crippen LogP contribution in [0.4, 0.5) is 4.39 Å². The molecule has 2 heterocycles. The number of fused-ring (bicyclic) bond motifs is 1. The van der Waals surface area contributed by atoms with E-state index >= 15 is 0 Å². The van der Waals surface area contributed by atoms with Crippen LogP contribution in [0.15, 0.2) is 34.2 Å². The fourth-order valence-electron chi connectivity index (χ4n) is 3.45. The summed E-state index contributed by atoms with van der Waals surface area (Å²) in [5, 5.41) is 15.7. The van der Waals surface area contributed by atoms with Gasteiger partial charge in [-0.3, -0.25) is 14.6 Å². The lowest BCUT2D eigenvalue weighted by atomic mass is 10.1. The number of H-pyrrole nitrogens is 1. The summed E-state index contributed by atoms with van der Waals surface area (Å²) >= 11 is 1.20. The molecule has 8 nitrogen and oxygen atoms in total. The maximum Gasteiger partial charge on any atom is 0.279 e. The first-order chi connectivity index (χ1) is 14.1. The van der Waals surface area contributed by atoms with Gasteiger partial charge in [0.1, 0.15) is 5.82 Å². The number of thioether (sulfide) groups is 1. The Labute approximate surface area is 170 Å². The molecular weight excluding hydrogens is 395 g/mol. The summed E-state index contributed by atoms with van der Waals surface area (Å²) in [7, 11) is 0. The first kappa shape index (κ1) is 19.6. The zero-order valence-electron chi connectivity index (χ0n) is 15.7. The summed E-state index contributed by atoms with van der Waals surface area (Å²) < 4.78 is 14.6. The van der Waals surface area contributed by atoms with E-state index < -0.39 is 11.4 Å². The number of aromatic amines is 1. The van der Waals surface area contributed by atoms with Crippen molar-refractivity contribution in [2.75, 3.05) is 5.75 Å². The van der Waals surface area contributed by atoms with Gasteiger partial charge in [0.25, 0.3) is 11.3 Å². The van der Waals surface area contributed by atoms with Crippen molar-refractivity contribution in [3.63, 3.8) is 0 Å². The maximum absolute atomic E-state index is 13.2. The van der Waals surface area contributed by atoms with Crippen LogP contribution < -0.4 is 10.9 Å². The molecule has 2 aromatic heterocycles. The molecule has 0 atom stereocenters. The van der Waals surface area contributed by atoms with Gasteiger partial charge in [-0.2, -0.15) is 9.61 Å². The smallest absolute Gasteiger partial charge is 0.279 e. The van der Waals surface area contributed by atoms with Crippen LogP contribution >= 0.6 is 11.8 Å². The van der Waals surface area contributed by atoms with Crippen LogP contribution in [0.5, 0.6) is 0 Å². The van der Waals surface area contributed by atoms with Crippen LogP contribution in [-0.2, 0) is 4.79 Å². The number of hydrogen-bond donors (Lipinski definition) is 2. The van der Waals surface area contributed by atoms with Crippen LogP contribution in [-0.4, -0.2) is 42.5 Å². The van der Waals surface area contributed by atoms with Gasteiger partial charge in [-0.05, 0) is 37.1 Å². The molecule has 0 unspecified atom stereocenters. The van der Waals surface area contributed by atoms with E-state index in [2.05, 4.69) is 25.6 Å². The van der Waals surface area contributed by atoms with Crippen LogP contribution in [0.3, 0.4) is 0 Å². The lowest BCUT2D eigenvalue weighted by Crippen LogP contribution is -2.35. The molecule has 0 aliphatic heterocycles. The molecule has 1 saturated carbocycles. The Hall–Kier alpha value is -2.75. The highest BCUT2D eigenvalue weighted by Crippen LogP contribution is 2.19. The molecule has 152 valence electrons. The second kappa shape index (κ2) is 8.73. The number of nitrogens with one attached hydrogen (secondary N) is 2. The molecule has 3 aromatic rings. The first-order valence-corrected chi connectivity index (χ1v) is 10.6. The zero-order chi connectivity index (χ0) is 20.2. The van der Waals surface area contributed by atoms with Crippen molar-refractivity contribution >= 4 is 23.4 Å². The van der Waals surface area contributed by atoms with Crippen LogP contribution in [0.2, 0.25) is 0 Å². The summed E-state index contributed by atoms with van der Waals surface area (Å²) in [4.78, 5) is 27.2. The number of aromatic nitrogens is 5. The van der Waals surface area contributed by atoms with Gasteiger partial charge in [-0.15, -0.1) is 10.2 Å². The van der Waals surface area contributed by atoms with E-state index in [1.54, 1.807) is 0 Å². The fourth-order valence-corrected chi connectivity index (χ4v) is 4.14. The van der Waals surface area contributed by atoms with Crippen molar-refractivity contribution < 1.29 is 9.18 Å². The summed E-state index contributed by atoms with van der Waals surface area (Å²) in [6, 6.07) is 5.73. The molecule has 1 aromatic carbocycles. The molecule has 4 rings (SSSR count). The number of amides is 1. The highest BCUT2D eigenvalue weighted by molar-refractivity contribution is 7.99. The second-order valence-electron chi connectivity index (χ2n) is 7.07. The van der Waals surface area contributed by atoms with Crippen molar-refractivity contribution in [2.45, 2.75) is 49.7 Å². The average Bonchev–Trinajstić information content (AvgIpc) is 2.91. The number of hydrogen-bond acceptors (Lipinski definition) is 6. The summed E-state index contributed by atoms with van der Waals surface area (Å²) in [5.74, 6) is -0.0786. The SMILES string of the molecule is O=C(CSc1nnc2[nH]c(=O)c(-c3ccc(F)cc3)nn12)NC1CCCCCC1. The fraction of sp³-hybridized carbons (Fsp3) is 0.421. The topological polar surface area (TPSA) is 105 Å². The van der Waals surface area contributed by atoms with Crippen molar-refractivity contribution in [3.8, 4) is 11.3 Å². The summed E-state index contributed by atoms with van der Waals surface area (Å²) in [6.07, 6.45) is 6.80. The number of halogens is 1. The Balaban J connectivity index is 1.49. The number of carbonyl (C=O) groups is 1. The monoisotopic (exact) mass is 416 g/mol. The van der Waals surface area contributed by atoms with Gasteiger partial charge in [0.05, 0.1) is 5.75 Å². The molecule has 0 spiro atoms. The average molecular weight is 416 g/mol. The Morgan fingerprint density at radius 1 is 1.17 bits per heavy atom. The molecule has 0 saturated heterocycles. The van der Waals surface area contributed by atoms with E-state index in [-0.39, 0.29) is 29.2 Å².